The number of anilines is 1. The zero-order valence-corrected chi connectivity index (χ0v) is 17.8. The van der Waals surface area contributed by atoms with E-state index >= 15 is 0 Å². The van der Waals surface area contributed by atoms with E-state index in [1.54, 1.807) is 24.3 Å². The zero-order valence-electron chi connectivity index (χ0n) is 17.0. The van der Waals surface area contributed by atoms with E-state index in [2.05, 4.69) is 22.3 Å². The first kappa shape index (κ1) is 21.6. The molecule has 0 unspecified atom stereocenters. The highest BCUT2D eigenvalue weighted by Crippen LogP contribution is 2.18. The Labute approximate surface area is 177 Å². The minimum absolute atomic E-state index is 0.149. The molecule has 0 radical (unpaired) electrons. The number of nitrogens with one attached hydrogen (secondary N) is 1. The Balaban J connectivity index is 1.72. The van der Waals surface area contributed by atoms with E-state index in [9.17, 15) is 14.4 Å². The Kier molecular flexibility index (Phi) is 7.29. The molecule has 0 saturated heterocycles. The lowest BCUT2D eigenvalue weighted by molar-refractivity contribution is -0.116. The van der Waals surface area contributed by atoms with Crippen LogP contribution in [0.2, 0.25) is 0 Å². The minimum atomic E-state index is -0.600. The smallest absolute Gasteiger partial charge is 0.340 e. The number of carbonyl (C=O) groups excluding carboxylic acids is 2. The number of ether oxygens (including phenoxy) is 1. The summed E-state index contributed by atoms with van der Waals surface area (Å²) in [5, 5.41) is 7.88. The molecule has 2 heterocycles. The zero-order chi connectivity index (χ0) is 21.5. The van der Waals surface area contributed by atoms with Gasteiger partial charge in [0.15, 0.2) is 0 Å². The first-order valence-electron chi connectivity index (χ1n) is 9.96. The largest absolute Gasteiger partial charge is 0.456 e. The van der Waals surface area contributed by atoms with E-state index in [1.807, 2.05) is 6.92 Å². The van der Waals surface area contributed by atoms with Crippen molar-refractivity contribution in [2.75, 3.05) is 5.32 Å². The first-order chi connectivity index (χ1) is 14.5. The summed E-state index contributed by atoms with van der Waals surface area (Å²) < 4.78 is 6.63. The van der Waals surface area contributed by atoms with Crippen molar-refractivity contribution in [1.82, 2.24) is 14.6 Å². The summed E-state index contributed by atoms with van der Waals surface area (Å²) >= 11 is 1.36. The van der Waals surface area contributed by atoms with Crippen molar-refractivity contribution in [2.45, 2.75) is 52.6 Å². The molecule has 0 aliphatic rings. The molecule has 9 heteroatoms. The van der Waals surface area contributed by atoms with Gasteiger partial charge in [0.25, 0.3) is 5.56 Å². The molecule has 0 atom stereocenters. The Morgan fingerprint density at radius 2 is 2.00 bits per heavy atom. The van der Waals surface area contributed by atoms with Gasteiger partial charge in [0, 0.05) is 18.9 Å². The Morgan fingerprint density at radius 1 is 1.20 bits per heavy atom. The van der Waals surface area contributed by atoms with Crippen LogP contribution in [0.3, 0.4) is 0 Å². The number of hydrogen-bond donors (Lipinski definition) is 1. The lowest BCUT2D eigenvalue weighted by Gasteiger charge is -2.10. The lowest BCUT2D eigenvalue weighted by atomic mass is 10.1. The molecule has 0 aliphatic heterocycles. The fourth-order valence-corrected chi connectivity index (χ4v) is 3.79. The molecule has 1 amide bonds. The van der Waals surface area contributed by atoms with Crippen LogP contribution in [0, 0.1) is 0 Å². The molecular weight excluding hydrogens is 404 g/mol. The van der Waals surface area contributed by atoms with Gasteiger partial charge >= 0.3 is 5.97 Å². The van der Waals surface area contributed by atoms with Gasteiger partial charge in [-0.05, 0) is 25.0 Å². The van der Waals surface area contributed by atoms with Crippen molar-refractivity contribution in [1.29, 1.82) is 0 Å². The van der Waals surface area contributed by atoms with Gasteiger partial charge in [0.1, 0.15) is 11.6 Å². The Morgan fingerprint density at radius 3 is 2.77 bits per heavy atom. The summed E-state index contributed by atoms with van der Waals surface area (Å²) in [5.74, 6) is -0.765. The van der Waals surface area contributed by atoms with E-state index in [4.69, 9.17) is 4.74 Å². The molecule has 30 heavy (non-hydrogen) atoms. The maximum absolute atomic E-state index is 12.6. The highest BCUT2D eigenvalue weighted by Gasteiger charge is 2.16. The van der Waals surface area contributed by atoms with E-state index in [0.29, 0.717) is 29.2 Å². The van der Waals surface area contributed by atoms with Crippen LogP contribution in [-0.2, 0) is 22.6 Å². The molecule has 3 aromatic rings. The van der Waals surface area contributed by atoms with Crippen LogP contribution in [0.1, 0.15) is 60.6 Å². The number of hydrogen-bond acceptors (Lipinski definition) is 7. The van der Waals surface area contributed by atoms with Crippen molar-refractivity contribution in [3.05, 3.63) is 57.0 Å². The normalized spacial score (nSPS) is 10.9. The number of amides is 1. The summed E-state index contributed by atoms with van der Waals surface area (Å²) in [6.07, 6.45) is 3.91. The van der Waals surface area contributed by atoms with Gasteiger partial charge in [0.2, 0.25) is 10.9 Å². The number of fused-ring (bicyclic) bond motifs is 1. The molecule has 0 spiro atoms. The molecule has 0 bridgehead atoms. The summed E-state index contributed by atoms with van der Waals surface area (Å²) in [4.78, 5) is 41.6. The molecule has 0 fully saturated rings. The molecule has 0 saturated carbocycles. The second-order valence-electron chi connectivity index (χ2n) is 6.80. The van der Waals surface area contributed by atoms with Crippen molar-refractivity contribution < 1.29 is 14.3 Å². The Hall–Kier alpha value is -3.07. The van der Waals surface area contributed by atoms with Gasteiger partial charge in [-0.25, -0.2) is 9.78 Å². The number of para-hydroxylation sites is 1. The van der Waals surface area contributed by atoms with E-state index in [-0.39, 0.29) is 23.6 Å². The first-order valence-corrected chi connectivity index (χ1v) is 10.8. The fraction of sp³-hybridized carbons (Fsp3) is 0.381. The van der Waals surface area contributed by atoms with Crippen LogP contribution in [0.25, 0.3) is 4.96 Å². The average Bonchev–Trinajstić information content (AvgIpc) is 3.14. The second kappa shape index (κ2) is 10.1. The summed E-state index contributed by atoms with van der Waals surface area (Å²) in [6.45, 7) is 3.85. The number of unbranched alkanes of at least 4 members (excludes halogenated alkanes) is 1. The number of carbonyl (C=O) groups is 2. The summed E-state index contributed by atoms with van der Waals surface area (Å²) in [5.41, 5.74) is 0.690. The minimum Gasteiger partial charge on any atom is -0.456 e. The molecule has 1 N–H and O–H groups in total. The predicted molar refractivity (Wildman–Crippen MR) is 115 cm³/mol. The highest BCUT2D eigenvalue weighted by molar-refractivity contribution is 7.16. The maximum atomic E-state index is 12.6. The standard InChI is InChI=1S/C21H24N4O4S/c1-3-5-11-18-24-25-19(27)12-14(22-21(25)30-18)13-29-20(28)15-9-6-7-10-16(15)23-17(26)8-4-2/h6-7,9-10,12H,3-5,8,11,13H2,1-2H3,(H,23,26). The van der Waals surface area contributed by atoms with Crippen molar-refractivity contribution in [2.24, 2.45) is 0 Å². The third-order valence-electron chi connectivity index (χ3n) is 4.33. The van der Waals surface area contributed by atoms with Gasteiger partial charge in [-0.1, -0.05) is 43.7 Å². The maximum Gasteiger partial charge on any atom is 0.340 e. The van der Waals surface area contributed by atoms with Gasteiger partial charge in [-0.2, -0.15) is 9.61 Å². The van der Waals surface area contributed by atoms with Crippen molar-refractivity contribution >= 4 is 33.9 Å². The highest BCUT2D eigenvalue weighted by atomic mass is 32.1. The van der Waals surface area contributed by atoms with Crippen LogP contribution in [0.15, 0.2) is 35.1 Å². The average molecular weight is 429 g/mol. The predicted octanol–water partition coefficient (Wildman–Crippen LogP) is 3.59. The monoisotopic (exact) mass is 428 g/mol. The van der Waals surface area contributed by atoms with Crippen molar-refractivity contribution in [3.8, 4) is 0 Å². The number of aromatic nitrogens is 3. The molecule has 158 valence electrons. The lowest BCUT2D eigenvalue weighted by Crippen LogP contribution is -2.17. The second-order valence-corrected chi connectivity index (χ2v) is 7.84. The third kappa shape index (κ3) is 5.29. The molecule has 3 rings (SSSR count). The van der Waals surface area contributed by atoms with Gasteiger partial charge < -0.3 is 10.1 Å². The number of aryl methyl sites for hydroxylation is 1. The van der Waals surface area contributed by atoms with Gasteiger partial charge in [-0.15, -0.1) is 0 Å². The van der Waals surface area contributed by atoms with Crippen LogP contribution in [0.5, 0.6) is 0 Å². The molecule has 1 aromatic carbocycles. The van der Waals surface area contributed by atoms with Crippen LogP contribution < -0.4 is 10.9 Å². The van der Waals surface area contributed by atoms with Crippen molar-refractivity contribution in [3.63, 3.8) is 0 Å². The fourth-order valence-electron chi connectivity index (χ4n) is 2.83. The number of esters is 1. The molecule has 8 nitrogen and oxygen atoms in total. The van der Waals surface area contributed by atoms with Crippen LogP contribution in [-0.4, -0.2) is 26.5 Å². The van der Waals surface area contributed by atoms with Gasteiger partial charge in [0.05, 0.1) is 16.9 Å². The number of nitrogens with zero attached hydrogens (tertiary/aromatic N) is 3. The SMILES string of the molecule is CCCCc1nn2c(=O)cc(COC(=O)c3ccccc3NC(=O)CCC)nc2s1. The van der Waals surface area contributed by atoms with Crippen LogP contribution in [0.4, 0.5) is 5.69 Å². The molecule has 0 aliphatic carbocycles. The quantitative estimate of drug-likeness (QED) is 0.523. The topological polar surface area (TPSA) is 103 Å². The molecular formula is C21H24N4O4S. The third-order valence-corrected chi connectivity index (χ3v) is 5.30. The van der Waals surface area contributed by atoms with E-state index < -0.39 is 5.97 Å². The van der Waals surface area contributed by atoms with E-state index in [0.717, 1.165) is 24.3 Å². The van der Waals surface area contributed by atoms with E-state index in [1.165, 1.54) is 21.9 Å². The number of benzene rings is 1. The van der Waals surface area contributed by atoms with Gasteiger partial charge in [-0.3, -0.25) is 9.59 Å². The van der Waals surface area contributed by atoms with Crippen LogP contribution >= 0.6 is 11.3 Å². The summed E-state index contributed by atoms with van der Waals surface area (Å²) in [7, 11) is 0. The Bertz CT molecular complexity index is 1110. The number of rotatable bonds is 9. The molecule has 2 aromatic heterocycles. The summed E-state index contributed by atoms with van der Waals surface area (Å²) in [6, 6.07) is 7.97.